The number of aliphatic hydroxyl groups is 1. The SMILES string of the molecule is CN(c1ccc2c(c1)CCCC2)C(C)(C)CO. The number of nitrogens with zero attached hydrogens (tertiary/aromatic N) is 1. The van der Waals surface area contributed by atoms with Crippen LogP contribution >= 0.6 is 0 Å². The minimum absolute atomic E-state index is 0.167. The molecule has 0 saturated carbocycles. The molecule has 17 heavy (non-hydrogen) atoms. The summed E-state index contributed by atoms with van der Waals surface area (Å²) in [5.41, 5.74) is 4.01. The molecule has 0 bridgehead atoms. The Labute approximate surface area is 104 Å². The zero-order valence-electron chi connectivity index (χ0n) is 11.2. The van der Waals surface area contributed by atoms with Crippen molar-refractivity contribution in [2.45, 2.75) is 45.1 Å². The Morgan fingerprint density at radius 3 is 2.47 bits per heavy atom. The average molecular weight is 233 g/mol. The zero-order chi connectivity index (χ0) is 12.5. The van der Waals surface area contributed by atoms with Gasteiger partial charge in [-0.2, -0.15) is 0 Å². The third kappa shape index (κ3) is 2.47. The highest BCUT2D eigenvalue weighted by Crippen LogP contribution is 2.28. The van der Waals surface area contributed by atoms with E-state index < -0.39 is 0 Å². The van der Waals surface area contributed by atoms with E-state index in [9.17, 15) is 5.11 Å². The number of anilines is 1. The number of aliphatic hydroxyl groups excluding tert-OH is 1. The molecule has 0 aliphatic heterocycles. The number of likely N-dealkylation sites (N-methyl/N-ethyl adjacent to an activating group) is 1. The predicted octanol–water partition coefficient (Wildman–Crippen LogP) is 2.77. The van der Waals surface area contributed by atoms with Crippen LogP contribution in [-0.2, 0) is 12.8 Å². The molecule has 0 aromatic heterocycles. The second-order valence-corrected chi connectivity index (χ2v) is 5.69. The van der Waals surface area contributed by atoms with Gasteiger partial charge in [-0.15, -0.1) is 0 Å². The van der Waals surface area contributed by atoms with Crippen LogP contribution in [0.15, 0.2) is 18.2 Å². The van der Waals surface area contributed by atoms with Gasteiger partial charge in [0.1, 0.15) is 0 Å². The number of benzene rings is 1. The molecule has 1 aliphatic carbocycles. The maximum atomic E-state index is 9.42. The van der Waals surface area contributed by atoms with E-state index in [1.54, 1.807) is 0 Å². The van der Waals surface area contributed by atoms with Crippen LogP contribution in [0.2, 0.25) is 0 Å². The van der Waals surface area contributed by atoms with E-state index in [2.05, 4.69) is 44.0 Å². The van der Waals surface area contributed by atoms with Gasteiger partial charge >= 0.3 is 0 Å². The number of hydrogen-bond donors (Lipinski definition) is 1. The van der Waals surface area contributed by atoms with E-state index in [0.717, 1.165) is 0 Å². The summed E-state index contributed by atoms with van der Waals surface area (Å²) in [5.74, 6) is 0. The number of fused-ring (bicyclic) bond motifs is 1. The van der Waals surface area contributed by atoms with Crippen molar-refractivity contribution >= 4 is 5.69 Å². The van der Waals surface area contributed by atoms with Crippen molar-refractivity contribution in [1.82, 2.24) is 0 Å². The van der Waals surface area contributed by atoms with Gasteiger partial charge < -0.3 is 10.0 Å². The first-order valence-electron chi connectivity index (χ1n) is 6.51. The Morgan fingerprint density at radius 2 is 1.82 bits per heavy atom. The Balaban J connectivity index is 2.28. The summed E-state index contributed by atoms with van der Waals surface area (Å²) >= 11 is 0. The minimum atomic E-state index is -0.205. The van der Waals surface area contributed by atoms with E-state index in [-0.39, 0.29) is 12.1 Å². The highest BCUT2D eigenvalue weighted by molar-refractivity contribution is 5.52. The van der Waals surface area contributed by atoms with Gasteiger partial charge in [-0.3, -0.25) is 0 Å². The number of aryl methyl sites for hydroxylation is 2. The lowest BCUT2D eigenvalue weighted by atomic mass is 9.91. The van der Waals surface area contributed by atoms with Crippen LogP contribution in [-0.4, -0.2) is 24.3 Å². The van der Waals surface area contributed by atoms with E-state index in [4.69, 9.17) is 0 Å². The molecule has 1 aromatic rings. The standard InChI is InChI=1S/C15H23NO/c1-15(2,11-17)16(3)14-9-8-12-6-4-5-7-13(12)10-14/h8-10,17H,4-7,11H2,1-3H3. The fraction of sp³-hybridized carbons (Fsp3) is 0.600. The highest BCUT2D eigenvalue weighted by atomic mass is 16.3. The van der Waals surface area contributed by atoms with Gasteiger partial charge in [0.2, 0.25) is 0 Å². The molecule has 0 spiro atoms. The topological polar surface area (TPSA) is 23.5 Å². The molecule has 0 atom stereocenters. The van der Waals surface area contributed by atoms with E-state index in [0.29, 0.717) is 0 Å². The summed E-state index contributed by atoms with van der Waals surface area (Å²) in [6.45, 7) is 4.29. The molecular formula is C15H23NO. The van der Waals surface area contributed by atoms with Crippen molar-refractivity contribution in [1.29, 1.82) is 0 Å². The molecule has 0 saturated heterocycles. The average Bonchev–Trinajstić information content (AvgIpc) is 2.37. The van der Waals surface area contributed by atoms with Crippen molar-refractivity contribution in [3.8, 4) is 0 Å². The smallest absolute Gasteiger partial charge is 0.0658 e. The third-order valence-corrected chi connectivity index (χ3v) is 4.01. The lowest BCUT2D eigenvalue weighted by Crippen LogP contribution is -2.44. The second kappa shape index (κ2) is 4.69. The third-order valence-electron chi connectivity index (χ3n) is 4.01. The highest BCUT2D eigenvalue weighted by Gasteiger charge is 2.23. The Morgan fingerprint density at radius 1 is 1.18 bits per heavy atom. The molecule has 2 rings (SSSR count). The first-order valence-corrected chi connectivity index (χ1v) is 6.51. The molecule has 0 unspecified atom stereocenters. The molecule has 2 heteroatoms. The maximum absolute atomic E-state index is 9.42. The predicted molar refractivity (Wildman–Crippen MR) is 72.7 cm³/mol. The fourth-order valence-electron chi connectivity index (χ4n) is 2.38. The summed E-state index contributed by atoms with van der Waals surface area (Å²) in [5, 5.41) is 9.42. The lowest BCUT2D eigenvalue weighted by molar-refractivity contribution is 0.216. The Hall–Kier alpha value is -1.02. The molecule has 1 aromatic carbocycles. The van der Waals surface area contributed by atoms with Crippen molar-refractivity contribution in [2.24, 2.45) is 0 Å². The fourth-order valence-corrected chi connectivity index (χ4v) is 2.38. The molecule has 0 fully saturated rings. The molecule has 0 radical (unpaired) electrons. The van der Waals surface area contributed by atoms with Crippen LogP contribution in [0, 0.1) is 0 Å². The van der Waals surface area contributed by atoms with Gasteiger partial charge in [0.25, 0.3) is 0 Å². The van der Waals surface area contributed by atoms with Gasteiger partial charge in [-0.05, 0) is 62.8 Å². The van der Waals surface area contributed by atoms with E-state index in [1.165, 1.54) is 42.5 Å². The van der Waals surface area contributed by atoms with Crippen molar-refractivity contribution in [2.75, 3.05) is 18.6 Å². The first-order chi connectivity index (χ1) is 8.04. The summed E-state index contributed by atoms with van der Waals surface area (Å²) in [6, 6.07) is 6.74. The van der Waals surface area contributed by atoms with Crippen LogP contribution in [0.1, 0.15) is 37.8 Å². The lowest BCUT2D eigenvalue weighted by Gasteiger charge is -2.36. The molecule has 0 heterocycles. The molecule has 0 amide bonds. The van der Waals surface area contributed by atoms with Gasteiger partial charge in [-0.25, -0.2) is 0 Å². The number of hydrogen-bond acceptors (Lipinski definition) is 2. The van der Waals surface area contributed by atoms with Gasteiger partial charge in [-0.1, -0.05) is 6.07 Å². The van der Waals surface area contributed by atoms with Gasteiger partial charge in [0.05, 0.1) is 12.1 Å². The summed E-state index contributed by atoms with van der Waals surface area (Å²) in [4.78, 5) is 2.17. The van der Waals surface area contributed by atoms with E-state index in [1.807, 2.05) is 0 Å². The van der Waals surface area contributed by atoms with E-state index >= 15 is 0 Å². The first kappa shape index (κ1) is 12.4. The van der Waals surface area contributed by atoms with Crippen molar-refractivity contribution in [3.05, 3.63) is 29.3 Å². The monoisotopic (exact) mass is 233 g/mol. The summed E-state index contributed by atoms with van der Waals surface area (Å²) in [6.07, 6.45) is 5.06. The Bertz CT molecular complexity index is 398. The van der Waals surface area contributed by atoms with Gasteiger partial charge in [0.15, 0.2) is 0 Å². The largest absolute Gasteiger partial charge is 0.394 e. The Kier molecular flexibility index (Phi) is 3.43. The normalized spacial score (nSPS) is 15.5. The second-order valence-electron chi connectivity index (χ2n) is 5.69. The zero-order valence-corrected chi connectivity index (χ0v) is 11.2. The summed E-state index contributed by atoms with van der Waals surface area (Å²) in [7, 11) is 2.06. The van der Waals surface area contributed by atoms with Crippen LogP contribution < -0.4 is 4.90 Å². The van der Waals surface area contributed by atoms with Crippen molar-refractivity contribution in [3.63, 3.8) is 0 Å². The molecule has 2 nitrogen and oxygen atoms in total. The molecular weight excluding hydrogens is 210 g/mol. The molecule has 1 N–H and O–H groups in total. The maximum Gasteiger partial charge on any atom is 0.0658 e. The van der Waals surface area contributed by atoms with Crippen LogP contribution in [0.25, 0.3) is 0 Å². The number of rotatable bonds is 3. The van der Waals surface area contributed by atoms with Crippen LogP contribution in [0.4, 0.5) is 5.69 Å². The van der Waals surface area contributed by atoms with Crippen LogP contribution in [0.3, 0.4) is 0 Å². The van der Waals surface area contributed by atoms with Crippen molar-refractivity contribution < 1.29 is 5.11 Å². The molecule has 1 aliphatic rings. The molecule has 94 valence electrons. The summed E-state index contributed by atoms with van der Waals surface area (Å²) < 4.78 is 0. The minimum Gasteiger partial charge on any atom is -0.394 e. The quantitative estimate of drug-likeness (QED) is 0.867. The van der Waals surface area contributed by atoms with Gasteiger partial charge in [0, 0.05) is 12.7 Å². The van der Waals surface area contributed by atoms with Crippen LogP contribution in [0.5, 0.6) is 0 Å².